The molecule has 0 radical (unpaired) electrons. The lowest BCUT2D eigenvalue weighted by Crippen LogP contribution is -2.44. The molecule has 2 N–H and O–H groups in total. The summed E-state index contributed by atoms with van der Waals surface area (Å²) >= 11 is 0. The Balaban J connectivity index is 1.74. The second-order valence-electron chi connectivity index (χ2n) is 7.67. The first-order chi connectivity index (χ1) is 14.4. The van der Waals surface area contributed by atoms with E-state index < -0.39 is 23.3 Å². The molecule has 1 fully saturated rings. The molecule has 0 bridgehead atoms. The highest BCUT2D eigenvalue weighted by Gasteiger charge is 2.25. The summed E-state index contributed by atoms with van der Waals surface area (Å²) in [7, 11) is 2.08. The summed E-state index contributed by atoms with van der Waals surface area (Å²) in [6.07, 6.45) is 0.0457. The Bertz CT molecular complexity index is 1180. The largest absolute Gasteiger partial charge is 0.480 e. The topological polar surface area (TPSA) is 98.6 Å². The molecule has 4 rings (SSSR count). The number of H-pyrrole nitrogens is 1. The van der Waals surface area contributed by atoms with E-state index in [1.54, 1.807) is 36.4 Å². The summed E-state index contributed by atoms with van der Waals surface area (Å²) < 4.78 is 0.813. The van der Waals surface area contributed by atoms with E-state index in [1.807, 2.05) is 12.1 Å². The van der Waals surface area contributed by atoms with Crippen LogP contribution in [0.5, 0.6) is 0 Å². The first-order valence-corrected chi connectivity index (χ1v) is 9.93. The monoisotopic (exact) mass is 408 g/mol. The summed E-state index contributed by atoms with van der Waals surface area (Å²) in [6, 6.07) is 13.0. The minimum absolute atomic E-state index is 0.0457. The quantitative estimate of drug-likeness (QED) is 0.661. The minimum Gasteiger partial charge on any atom is -0.480 e. The molecule has 2 heterocycles. The van der Waals surface area contributed by atoms with Crippen LogP contribution in [0.25, 0.3) is 10.9 Å². The van der Waals surface area contributed by atoms with Gasteiger partial charge in [-0.1, -0.05) is 30.3 Å². The minimum atomic E-state index is -1.29. The maximum atomic E-state index is 13.1. The number of carboxylic acids is 1. The lowest BCUT2D eigenvalue weighted by atomic mass is 10.1. The molecule has 1 aromatic heterocycles. The van der Waals surface area contributed by atoms with Gasteiger partial charge in [0.1, 0.15) is 6.04 Å². The molecule has 1 aliphatic heterocycles. The maximum absolute atomic E-state index is 13.1. The highest BCUT2D eigenvalue weighted by atomic mass is 16.4. The average Bonchev–Trinajstić information content (AvgIpc) is 2.74. The van der Waals surface area contributed by atoms with Crippen LogP contribution in [-0.4, -0.2) is 58.8 Å². The fourth-order valence-electron chi connectivity index (χ4n) is 3.89. The maximum Gasteiger partial charge on any atom is 0.329 e. The van der Waals surface area contributed by atoms with E-state index in [2.05, 4.69) is 21.8 Å². The van der Waals surface area contributed by atoms with Crippen molar-refractivity contribution in [3.63, 3.8) is 0 Å². The number of hydrogen-bond acceptors (Lipinski definition) is 5. The summed E-state index contributed by atoms with van der Waals surface area (Å²) in [4.78, 5) is 44.9. The highest BCUT2D eigenvalue weighted by molar-refractivity contribution is 5.82. The number of carbonyl (C=O) groups is 1. The van der Waals surface area contributed by atoms with Gasteiger partial charge < -0.3 is 19.9 Å². The smallest absolute Gasteiger partial charge is 0.329 e. The zero-order valence-electron chi connectivity index (χ0n) is 16.7. The predicted molar refractivity (Wildman–Crippen MR) is 115 cm³/mol. The molecule has 8 nitrogen and oxygen atoms in total. The summed E-state index contributed by atoms with van der Waals surface area (Å²) in [6.45, 7) is 3.61. The van der Waals surface area contributed by atoms with E-state index in [1.165, 1.54) is 0 Å². The van der Waals surface area contributed by atoms with E-state index in [0.717, 1.165) is 42.0 Å². The van der Waals surface area contributed by atoms with Crippen LogP contribution >= 0.6 is 0 Å². The van der Waals surface area contributed by atoms with E-state index >= 15 is 0 Å². The molecule has 156 valence electrons. The fraction of sp³-hybridized carbons (Fsp3) is 0.318. The molecule has 8 heteroatoms. The van der Waals surface area contributed by atoms with Gasteiger partial charge in [0.05, 0.1) is 10.9 Å². The second kappa shape index (κ2) is 8.16. The first-order valence-electron chi connectivity index (χ1n) is 9.93. The van der Waals surface area contributed by atoms with Crippen LogP contribution in [0.4, 0.5) is 5.69 Å². The number of nitrogens with zero attached hydrogens (tertiary/aromatic N) is 3. The van der Waals surface area contributed by atoms with Gasteiger partial charge in [-0.2, -0.15) is 0 Å². The molecule has 3 aromatic rings. The number of aromatic nitrogens is 2. The summed E-state index contributed by atoms with van der Waals surface area (Å²) in [5, 5.41) is 10.0. The highest BCUT2D eigenvalue weighted by Crippen LogP contribution is 2.20. The van der Waals surface area contributed by atoms with Crippen LogP contribution in [0.15, 0.2) is 58.1 Å². The standard InChI is InChI=1S/C22H24N4O4/c1-24-9-11-25(12-10-24)16-7-8-17-18(14-16)23-22(30)26(20(17)27)19(21(28)29)13-15-5-3-2-4-6-15/h2-8,14,19H,9-13H2,1H3,(H,23,30)(H,28,29)/t19-/m0/s1. The lowest BCUT2D eigenvalue weighted by molar-refractivity contribution is -0.141. The van der Waals surface area contributed by atoms with Gasteiger partial charge in [-0.25, -0.2) is 14.2 Å². The SMILES string of the molecule is CN1CCN(c2ccc3c(=O)n([C@@H](Cc4ccccc4)C(=O)O)c(=O)[nH]c3c2)CC1. The van der Waals surface area contributed by atoms with Gasteiger partial charge in [-0.3, -0.25) is 4.79 Å². The second-order valence-corrected chi connectivity index (χ2v) is 7.67. The Morgan fingerprint density at radius 1 is 1.07 bits per heavy atom. The third kappa shape index (κ3) is 3.86. The van der Waals surface area contributed by atoms with Crippen LogP contribution in [0.1, 0.15) is 11.6 Å². The molecular weight excluding hydrogens is 384 g/mol. The number of piperazine rings is 1. The molecule has 0 aliphatic carbocycles. The van der Waals surface area contributed by atoms with Crippen LogP contribution in [0, 0.1) is 0 Å². The number of anilines is 1. The number of aromatic amines is 1. The van der Waals surface area contributed by atoms with Gasteiger partial charge in [-0.05, 0) is 30.8 Å². The molecular formula is C22H24N4O4. The molecule has 2 aromatic carbocycles. The molecule has 1 saturated heterocycles. The van der Waals surface area contributed by atoms with Gasteiger partial charge in [0.2, 0.25) is 0 Å². The molecule has 0 spiro atoms. The van der Waals surface area contributed by atoms with Gasteiger partial charge in [0.25, 0.3) is 5.56 Å². The fourth-order valence-corrected chi connectivity index (χ4v) is 3.89. The van der Waals surface area contributed by atoms with Crippen molar-refractivity contribution in [3.05, 3.63) is 74.9 Å². The number of fused-ring (bicyclic) bond motifs is 1. The number of nitrogens with one attached hydrogen (secondary N) is 1. The van der Waals surface area contributed by atoms with Gasteiger partial charge in [0, 0.05) is 38.3 Å². The van der Waals surface area contributed by atoms with Crippen molar-refractivity contribution in [2.75, 3.05) is 38.1 Å². The molecule has 30 heavy (non-hydrogen) atoms. The van der Waals surface area contributed by atoms with E-state index in [4.69, 9.17) is 0 Å². The lowest BCUT2D eigenvalue weighted by Gasteiger charge is -2.34. The van der Waals surface area contributed by atoms with Crippen LogP contribution in [0.3, 0.4) is 0 Å². The molecule has 0 saturated carbocycles. The number of carboxylic acid groups (broad SMARTS) is 1. The van der Waals surface area contributed by atoms with Gasteiger partial charge >= 0.3 is 11.7 Å². The molecule has 0 unspecified atom stereocenters. The van der Waals surface area contributed by atoms with E-state index in [0.29, 0.717) is 10.9 Å². The van der Waals surface area contributed by atoms with E-state index in [9.17, 15) is 19.5 Å². The van der Waals surface area contributed by atoms with Crippen LogP contribution in [-0.2, 0) is 11.2 Å². The van der Waals surface area contributed by atoms with Crippen LogP contribution < -0.4 is 16.1 Å². The molecule has 1 atom stereocenters. The first kappa shape index (κ1) is 19.9. The zero-order chi connectivity index (χ0) is 21.3. The number of hydrogen-bond donors (Lipinski definition) is 2. The van der Waals surface area contributed by atoms with Crippen molar-refractivity contribution >= 4 is 22.6 Å². The number of likely N-dealkylation sites (N-methyl/N-ethyl adjacent to an activating group) is 1. The van der Waals surface area contributed by atoms with Crippen LogP contribution in [0.2, 0.25) is 0 Å². The van der Waals surface area contributed by atoms with Crippen molar-refractivity contribution in [1.29, 1.82) is 0 Å². The van der Waals surface area contributed by atoms with Gasteiger partial charge in [-0.15, -0.1) is 0 Å². The summed E-state index contributed by atoms with van der Waals surface area (Å²) in [5.74, 6) is -1.22. The number of rotatable bonds is 5. The zero-order valence-corrected chi connectivity index (χ0v) is 16.7. The Morgan fingerprint density at radius 3 is 2.43 bits per heavy atom. The van der Waals surface area contributed by atoms with Gasteiger partial charge in [0.15, 0.2) is 0 Å². The van der Waals surface area contributed by atoms with Crippen molar-refractivity contribution in [1.82, 2.24) is 14.5 Å². The number of benzene rings is 2. The van der Waals surface area contributed by atoms with E-state index in [-0.39, 0.29) is 6.42 Å². The Kier molecular flexibility index (Phi) is 5.41. The number of aliphatic carboxylic acids is 1. The Labute approximate surface area is 173 Å². The third-order valence-corrected chi connectivity index (χ3v) is 5.65. The van der Waals surface area contributed by atoms with Crippen molar-refractivity contribution in [3.8, 4) is 0 Å². The normalized spacial score (nSPS) is 16.0. The molecule has 0 amide bonds. The van der Waals surface area contributed by atoms with Crippen molar-refractivity contribution in [2.45, 2.75) is 12.5 Å². The predicted octanol–water partition coefficient (Wildman–Crippen LogP) is 1.31. The Morgan fingerprint density at radius 2 is 1.77 bits per heavy atom. The van der Waals surface area contributed by atoms with Crippen molar-refractivity contribution < 1.29 is 9.90 Å². The van der Waals surface area contributed by atoms with Crippen molar-refractivity contribution in [2.24, 2.45) is 0 Å². The Hall–Kier alpha value is -3.39. The third-order valence-electron chi connectivity index (χ3n) is 5.65. The summed E-state index contributed by atoms with van der Waals surface area (Å²) in [5.41, 5.74) is 0.777. The molecule has 1 aliphatic rings. The average molecular weight is 408 g/mol.